The smallest absolute Gasteiger partial charge is 0.173 e. The van der Waals surface area contributed by atoms with Gasteiger partial charge in [-0.25, -0.2) is 0 Å². The molecule has 1 aliphatic heterocycles. The summed E-state index contributed by atoms with van der Waals surface area (Å²) < 4.78 is 11.4. The van der Waals surface area contributed by atoms with Crippen molar-refractivity contribution in [2.24, 2.45) is 22.9 Å². The molecule has 0 bridgehead atoms. The van der Waals surface area contributed by atoms with Gasteiger partial charge in [0.15, 0.2) is 6.29 Å². The molecule has 11 N–H and O–H groups in total. The van der Waals surface area contributed by atoms with Gasteiger partial charge in [-0.05, 0) is 19.3 Å². The highest BCUT2D eigenvalue weighted by molar-refractivity contribution is 4.98. The molecule has 2 fully saturated rings. The van der Waals surface area contributed by atoms with E-state index in [1.807, 2.05) is 0 Å². The highest BCUT2D eigenvalue weighted by Crippen LogP contribution is 2.27. The van der Waals surface area contributed by atoms with Crippen LogP contribution in [0, 0.1) is 0 Å². The van der Waals surface area contributed by atoms with Gasteiger partial charge in [0.25, 0.3) is 0 Å². The van der Waals surface area contributed by atoms with Crippen LogP contribution in [-0.2, 0) is 9.47 Å². The highest BCUT2D eigenvalue weighted by Gasteiger charge is 2.44. The fourth-order valence-electron chi connectivity index (χ4n) is 3.02. The molecule has 1 aliphatic carbocycles. The molecule has 9 unspecified atom stereocenters. The van der Waals surface area contributed by atoms with Crippen LogP contribution in [0.4, 0.5) is 0 Å². The van der Waals surface area contributed by atoms with E-state index in [2.05, 4.69) is 0 Å². The first kappa shape index (κ1) is 18.0. The SMILES string of the molecule is NC(CO)C1CCC(N)C(OC2C(N)CC(N)C(O)C2O)O1. The summed E-state index contributed by atoms with van der Waals surface area (Å²) in [5, 5.41) is 29.1. The maximum Gasteiger partial charge on any atom is 0.173 e. The van der Waals surface area contributed by atoms with Crippen molar-refractivity contribution in [1.82, 2.24) is 0 Å². The van der Waals surface area contributed by atoms with Crippen LogP contribution in [0.5, 0.6) is 0 Å². The van der Waals surface area contributed by atoms with E-state index in [4.69, 9.17) is 37.5 Å². The third kappa shape index (κ3) is 3.75. The summed E-state index contributed by atoms with van der Waals surface area (Å²) in [7, 11) is 0. The lowest BCUT2D eigenvalue weighted by molar-refractivity contribution is -0.256. The van der Waals surface area contributed by atoms with Crippen molar-refractivity contribution < 1.29 is 24.8 Å². The number of rotatable bonds is 4. The van der Waals surface area contributed by atoms with Crippen LogP contribution in [-0.4, -0.2) is 76.8 Å². The van der Waals surface area contributed by atoms with Crippen molar-refractivity contribution in [2.45, 2.75) is 74.1 Å². The molecule has 1 heterocycles. The van der Waals surface area contributed by atoms with Crippen molar-refractivity contribution in [3.8, 4) is 0 Å². The van der Waals surface area contributed by atoms with Crippen LogP contribution in [0.25, 0.3) is 0 Å². The van der Waals surface area contributed by atoms with Gasteiger partial charge in [-0.3, -0.25) is 0 Å². The molecule has 0 amide bonds. The summed E-state index contributed by atoms with van der Waals surface area (Å²) in [6.45, 7) is -0.203. The van der Waals surface area contributed by atoms with E-state index in [-0.39, 0.29) is 12.7 Å². The zero-order valence-corrected chi connectivity index (χ0v) is 12.5. The monoisotopic (exact) mass is 320 g/mol. The quantitative estimate of drug-likeness (QED) is 0.274. The Kier molecular flexibility index (Phi) is 6.11. The third-order valence-corrected chi connectivity index (χ3v) is 4.51. The predicted octanol–water partition coefficient (Wildman–Crippen LogP) is -3.70. The summed E-state index contributed by atoms with van der Waals surface area (Å²) in [6.07, 6.45) is -2.76. The van der Waals surface area contributed by atoms with E-state index in [9.17, 15) is 10.2 Å². The molecule has 0 aromatic heterocycles. The van der Waals surface area contributed by atoms with E-state index in [1.165, 1.54) is 0 Å². The van der Waals surface area contributed by atoms with Crippen molar-refractivity contribution >= 4 is 0 Å². The number of hydrogen-bond donors (Lipinski definition) is 7. The Hall–Kier alpha value is -0.360. The number of aliphatic hydroxyl groups is 3. The van der Waals surface area contributed by atoms with Crippen molar-refractivity contribution in [3.05, 3.63) is 0 Å². The zero-order chi connectivity index (χ0) is 16.4. The Bertz CT molecular complexity index is 363. The normalized spacial score (nSPS) is 48.1. The summed E-state index contributed by atoms with van der Waals surface area (Å²) >= 11 is 0. The second-order valence-electron chi connectivity index (χ2n) is 6.28. The molecule has 9 heteroatoms. The van der Waals surface area contributed by atoms with Gasteiger partial charge in [-0.15, -0.1) is 0 Å². The molecule has 0 aromatic carbocycles. The molecule has 22 heavy (non-hydrogen) atoms. The lowest BCUT2D eigenvalue weighted by Crippen LogP contribution is -2.64. The molecule has 2 aliphatic rings. The minimum Gasteiger partial charge on any atom is -0.395 e. The molecule has 130 valence electrons. The average molecular weight is 320 g/mol. The molecule has 0 aromatic rings. The Morgan fingerprint density at radius 2 is 1.73 bits per heavy atom. The number of ether oxygens (including phenoxy) is 2. The molecule has 1 saturated carbocycles. The van der Waals surface area contributed by atoms with Gasteiger partial charge in [0.05, 0.1) is 30.9 Å². The van der Waals surface area contributed by atoms with Crippen LogP contribution in [0.15, 0.2) is 0 Å². The summed E-state index contributed by atoms with van der Waals surface area (Å²) in [4.78, 5) is 0. The standard InChI is InChI=1S/C13H28N4O5/c14-5-1-2-9(8(17)4-18)21-13(5)22-12-7(16)3-6(15)10(19)11(12)20/h5-13,18-20H,1-4,14-17H2. The molecule has 1 saturated heterocycles. The van der Waals surface area contributed by atoms with Gasteiger partial charge in [-0.2, -0.15) is 0 Å². The van der Waals surface area contributed by atoms with Crippen molar-refractivity contribution in [3.63, 3.8) is 0 Å². The van der Waals surface area contributed by atoms with E-state index in [0.717, 1.165) is 0 Å². The first-order chi connectivity index (χ1) is 10.3. The number of hydrogen-bond acceptors (Lipinski definition) is 9. The Labute approximate surface area is 129 Å². The third-order valence-electron chi connectivity index (χ3n) is 4.51. The molecule has 0 spiro atoms. The van der Waals surface area contributed by atoms with Crippen LogP contribution in [0.1, 0.15) is 19.3 Å². The molecule has 9 nitrogen and oxygen atoms in total. The number of nitrogens with two attached hydrogens (primary N) is 4. The fraction of sp³-hybridized carbons (Fsp3) is 1.00. The lowest BCUT2D eigenvalue weighted by atomic mass is 9.84. The van der Waals surface area contributed by atoms with Gasteiger partial charge in [-0.1, -0.05) is 0 Å². The lowest BCUT2D eigenvalue weighted by Gasteiger charge is -2.44. The van der Waals surface area contributed by atoms with Crippen LogP contribution < -0.4 is 22.9 Å². The number of aliphatic hydroxyl groups excluding tert-OH is 3. The minimum absolute atomic E-state index is 0.203. The minimum atomic E-state index is -1.21. The molecule has 0 radical (unpaired) electrons. The van der Waals surface area contributed by atoms with Gasteiger partial charge < -0.3 is 47.7 Å². The van der Waals surface area contributed by atoms with E-state index in [0.29, 0.717) is 19.3 Å². The topological polar surface area (TPSA) is 183 Å². The maximum atomic E-state index is 10.1. The van der Waals surface area contributed by atoms with Crippen molar-refractivity contribution in [1.29, 1.82) is 0 Å². The molecular weight excluding hydrogens is 292 g/mol. The van der Waals surface area contributed by atoms with Gasteiger partial charge in [0, 0.05) is 12.1 Å². The highest BCUT2D eigenvalue weighted by atomic mass is 16.7. The fourth-order valence-corrected chi connectivity index (χ4v) is 3.02. The second kappa shape index (κ2) is 7.47. The Balaban J connectivity index is 2.01. The first-order valence-corrected chi connectivity index (χ1v) is 7.65. The van der Waals surface area contributed by atoms with Gasteiger partial charge in [0.1, 0.15) is 12.2 Å². The van der Waals surface area contributed by atoms with Crippen molar-refractivity contribution in [2.75, 3.05) is 6.61 Å². The zero-order valence-electron chi connectivity index (χ0n) is 12.5. The van der Waals surface area contributed by atoms with E-state index >= 15 is 0 Å². The Morgan fingerprint density at radius 1 is 1.05 bits per heavy atom. The van der Waals surface area contributed by atoms with E-state index in [1.54, 1.807) is 0 Å². The first-order valence-electron chi connectivity index (χ1n) is 7.65. The molecular formula is C13H28N4O5. The summed E-state index contributed by atoms with van der Waals surface area (Å²) in [5.41, 5.74) is 23.5. The van der Waals surface area contributed by atoms with Crippen LogP contribution in [0.2, 0.25) is 0 Å². The second-order valence-corrected chi connectivity index (χ2v) is 6.28. The van der Waals surface area contributed by atoms with Gasteiger partial charge in [0.2, 0.25) is 0 Å². The van der Waals surface area contributed by atoms with E-state index < -0.39 is 48.8 Å². The molecule has 2 rings (SSSR count). The van der Waals surface area contributed by atoms with Crippen LogP contribution in [0.3, 0.4) is 0 Å². The average Bonchev–Trinajstić information content (AvgIpc) is 2.50. The van der Waals surface area contributed by atoms with Gasteiger partial charge >= 0.3 is 0 Å². The predicted molar refractivity (Wildman–Crippen MR) is 78.4 cm³/mol. The Morgan fingerprint density at radius 3 is 2.36 bits per heavy atom. The molecule has 9 atom stereocenters. The van der Waals surface area contributed by atoms with Crippen LogP contribution >= 0.6 is 0 Å². The summed E-state index contributed by atoms with van der Waals surface area (Å²) in [6, 6.07) is -2.05. The summed E-state index contributed by atoms with van der Waals surface area (Å²) in [5.74, 6) is 0. The maximum absolute atomic E-state index is 10.1. The largest absolute Gasteiger partial charge is 0.395 e.